The number of aromatic carboxylic acids is 1. The van der Waals surface area contributed by atoms with Crippen LogP contribution in [0.4, 0.5) is 8.78 Å². The number of halogens is 2. The van der Waals surface area contributed by atoms with Gasteiger partial charge in [0.2, 0.25) is 0 Å². The van der Waals surface area contributed by atoms with Crippen molar-refractivity contribution in [2.45, 2.75) is 19.5 Å². The first-order valence-corrected chi connectivity index (χ1v) is 10.1. The Morgan fingerprint density at radius 2 is 1.82 bits per heavy atom. The van der Waals surface area contributed by atoms with E-state index >= 15 is 0 Å². The zero-order chi connectivity index (χ0) is 23.5. The van der Waals surface area contributed by atoms with E-state index in [1.54, 1.807) is 19.1 Å². The molecule has 0 saturated heterocycles. The van der Waals surface area contributed by atoms with Crippen LogP contribution in [0.15, 0.2) is 72.9 Å². The minimum Gasteiger partial charge on any atom is -0.477 e. The van der Waals surface area contributed by atoms with Crippen LogP contribution >= 0.6 is 0 Å². The quantitative estimate of drug-likeness (QED) is 0.449. The topological polar surface area (TPSA) is 83.4 Å². The van der Waals surface area contributed by atoms with E-state index in [-0.39, 0.29) is 23.4 Å². The monoisotopic (exact) mass is 447 g/mol. The van der Waals surface area contributed by atoms with Crippen LogP contribution in [0.2, 0.25) is 0 Å². The van der Waals surface area contributed by atoms with Gasteiger partial charge in [0.05, 0.1) is 29.4 Å². The molecule has 1 N–H and O–H groups in total. The van der Waals surface area contributed by atoms with Crippen molar-refractivity contribution in [2.75, 3.05) is 0 Å². The number of carbonyl (C=O) groups is 2. The lowest BCUT2D eigenvalue weighted by molar-refractivity contribution is 0.0668. The van der Waals surface area contributed by atoms with Gasteiger partial charge in [-0.2, -0.15) is 0 Å². The number of para-hydroxylation sites is 1. The fraction of sp³-hybridized carbons (Fsp3) is 0.120. The number of nitrogens with zero attached hydrogens (tertiary/aromatic N) is 3. The number of carbonyl (C=O) groups excluding carboxylic acids is 1. The van der Waals surface area contributed by atoms with Crippen LogP contribution in [0.25, 0.3) is 10.9 Å². The number of aromatic nitrogens is 2. The van der Waals surface area contributed by atoms with Crippen LogP contribution in [0.1, 0.15) is 45.1 Å². The molecule has 2 aromatic heterocycles. The summed E-state index contributed by atoms with van der Waals surface area (Å²) in [6, 6.07) is 15.8. The zero-order valence-corrected chi connectivity index (χ0v) is 17.6. The minimum atomic E-state index is -1.20. The number of pyridine rings is 2. The van der Waals surface area contributed by atoms with Gasteiger partial charge in [-0.25, -0.2) is 18.6 Å². The Bertz CT molecular complexity index is 1360. The maximum absolute atomic E-state index is 14.6. The number of rotatable bonds is 6. The molecule has 1 atom stereocenters. The van der Waals surface area contributed by atoms with E-state index in [4.69, 9.17) is 0 Å². The molecule has 0 aliphatic heterocycles. The maximum Gasteiger partial charge on any atom is 0.354 e. The summed E-state index contributed by atoms with van der Waals surface area (Å²) < 4.78 is 28.0. The Kier molecular flexibility index (Phi) is 6.08. The van der Waals surface area contributed by atoms with Gasteiger partial charge < -0.3 is 10.0 Å². The Morgan fingerprint density at radius 1 is 1.03 bits per heavy atom. The first-order chi connectivity index (χ1) is 15.8. The van der Waals surface area contributed by atoms with E-state index in [0.29, 0.717) is 11.2 Å². The van der Waals surface area contributed by atoms with Crippen LogP contribution in [-0.2, 0) is 6.54 Å². The molecule has 2 heterocycles. The van der Waals surface area contributed by atoms with Gasteiger partial charge in [-0.05, 0) is 37.3 Å². The largest absolute Gasteiger partial charge is 0.477 e. The summed E-state index contributed by atoms with van der Waals surface area (Å²) in [5.41, 5.74) is 1.25. The number of carboxylic acids is 1. The molecule has 4 aromatic rings. The lowest BCUT2D eigenvalue weighted by atomic mass is 10.0. The summed E-state index contributed by atoms with van der Waals surface area (Å²) in [6.45, 7) is 1.52. The van der Waals surface area contributed by atoms with Gasteiger partial charge in [0, 0.05) is 23.2 Å². The highest BCUT2D eigenvalue weighted by atomic mass is 19.1. The standard InChI is InChI=1S/C25H19F2N3O3/c1-15(20-10-9-18(26)12-21(20)27)30(14-19-6-4-8-23(29-19)25(32)33)24(31)17-11-16-5-2-3-7-22(16)28-13-17/h2-13,15H,14H2,1H3,(H,32,33)/t15-/m1/s1. The second kappa shape index (κ2) is 9.12. The summed E-state index contributed by atoms with van der Waals surface area (Å²) in [4.78, 5) is 34.6. The second-order valence-electron chi connectivity index (χ2n) is 7.51. The second-order valence-corrected chi connectivity index (χ2v) is 7.51. The van der Waals surface area contributed by atoms with Crippen molar-refractivity contribution >= 4 is 22.8 Å². The van der Waals surface area contributed by atoms with Crippen LogP contribution in [0.3, 0.4) is 0 Å². The third-order valence-corrected chi connectivity index (χ3v) is 5.34. The van der Waals surface area contributed by atoms with Gasteiger partial charge in [0.1, 0.15) is 17.3 Å². The Balaban J connectivity index is 1.76. The number of benzene rings is 2. The predicted molar refractivity (Wildman–Crippen MR) is 118 cm³/mol. The first-order valence-electron chi connectivity index (χ1n) is 10.1. The summed E-state index contributed by atoms with van der Waals surface area (Å²) in [5, 5.41) is 10.0. The van der Waals surface area contributed by atoms with Crippen LogP contribution in [0, 0.1) is 11.6 Å². The van der Waals surface area contributed by atoms with Crippen LogP contribution in [-0.4, -0.2) is 31.9 Å². The number of hydrogen-bond acceptors (Lipinski definition) is 4. The molecular formula is C25H19F2N3O3. The zero-order valence-electron chi connectivity index (χ0n) is 17.6. The van der Waals surface area contributed by atoms with E-state index in [0.717, 1.165) is 17.5 Å². The van der Waals surface area contributed by atoms with Gasteiger partial charge in [-0.3, -0.25) is 9.78 Å². The fourth-order valence-corrected chi connectivity index (χ4v) is 3.61. The molecule has 0 aliphatic carbocycles. The van der Waals surface area contributed by atoms with Gasteiger partial charge in [-0.1, -0.05) is 30.3 Å². The van der Waals surface area contributed by atoms with Crippen LogP contribution in [0.5, 0.6) is 0 Å². The summed E-state index contributed by atoms with van der Waals surface area (Å²) in [5.74, 6) is -3.17. The van der Waals surface area contributed by atoms with Crippen molar-refractivity contribution in [1.82, 2.24) is 14.9 Å². The molecule has 33 heavy (non-hydrogen) atoms. The average molecular weight is 447 g/mol. The van der Waals surface area contributed by atoms with Crippen molar-refractivity contribution in [3.63, 3.8) is 0 Å². The van der Waals surface area contributed by atoms with Gasteiger partial charge in [-0.15, -0.1) is 0 Å². The van der Waals surface area contributed by atoms with Crippen molar-refractivity contribution in [3.8, 4) is 0 Å². The van der Waals surface area contributed by atoms with Crippen molar-refractivity contribution in [3.05, 3.63) is 107 Å². The van der Waals surface area contributed by atoms with E-state index in [2.05, 4.69) is 9.97 Å². The molecule has 4 rings (SSSR count). The van der Waals surface area contributed by atoms with Gasteiger partial charge >= 0.3 is 5.97 Å². The van der Waals surface area contributed by atoms with Crippen molar-refractivity contribution < 1.29 is 23.5 Å². The molecule has 0 fully saturated rings. The molecule has 0 bridgehead atoms. The number of fused-ring (bicyclic) bond motifs is 1. The molecule has 2 aromatic carbocycles. The Hall–Kier alpha value is -4.20. The summed E-state index contributed by atoms with van der Waals surface area (Å²) in [6.07, 6.45) is 1.44. The highest BCUT2D eigenvalue weighted by Crippen LogP contribution is 2.27. The molecule has 0 radical (unpaired) electrons. The number of amides is 1. The van der Waals surface area contributed by atoms with Gasteiger partial charge in [0.25, 0.3) is 5.91 Å². The molecule has 0 aliphatic rings. The average Bonchev–Trinajstić information content (AvgIpc) is 2.81. The predicted octanol–water partition coefficient (Wildman–Crippen LogP) is 5.01. The molecule has 0 spiro atoms. The summed E-state index contributed by atoms with van der Waals surface area (Å²) >= 11 is 0. The third-order valence-electron chi connectivity index (χ3n) is 5.34. The molecular weight excluding hydrogens is 428 g/mol. The summed E-state index contributed by atoms with van der Waals surface area (Å²) in [7, 11) is 0. The smallest absolute Gasteiger partial charge is 0.354 e. The minimum absolute atomic E-state index is 0.0925. The molecule has 0 unspecified atom stereocenters. The SMILES string of the molecule is C[C@H](c1ccc(F)cc1F)N(Cc1cccc(C(=O)O)n1)C(=O)c1cnc2ccccc2c1. The molecule has 8 heteroatoms. The highest BCUT2D eigenvalue weighted by molar-refractivity contribution is 5.97. The van der Waals surface area contributed by atoms with E-state index in [1.807, 2.05) is 24.3 Å². The molecule has 6 nitrogen and oxygen atoms in total. The lowest BCUT2D eigenvalue weighted by Gasteiger charge is -2.30. The lowest BCUT2D eigenvalue weighted by Crippen LogP contribution is -2.34. The Morgan fingerprint density at radius 3 is 2.58 bits per heavy atom. The van der Waals surface area contributed by atoms with Crippen molar-refractivity contribution in [2.24, 2.45) is 0 Å². The van der Waals surface area contributed by atoms with Crippen LogP contribution < -0.4 is 0 Å². The molecule has 166 valence electrons. The Labute approximate surface area is 188 Å². The number of carboxylic acid groups (broad SMARTS) is 1. The van der Waals surface area contributed by atoms with E-state index in [1.165, 1.54) is 29.3 Å². The molecule has 0 saturated carbocycles. The van der Waals surface area contributed by atoms with Gasteiger partial charge in [0.15, 0.2) is 0 Å². The highest BCUT2D eigenvalue weighted by Gasteiger charge is 2.26. The van der Waals surface area contributed by atoms with Crippen molar-refractivity contribution in [1.29, 1.82) is 0 Å². The van der Waals surface area contributed by atoms with E-state index in [9.17, 15) is 23.5 Å². The number of hydrogen-bond donors (Lipinski definition) is 1. The maximum atomic E-state index is 14.6. The first kappa shape index (κ1) is 22.0. The van der Waals surface area contributed by atoms with E-state index < -0.39 is 29.6 Å². The molecule has 1 amide bonds. The normalized spacial score (nSPS) is 11.8. The third kappa shape index (κ3) is 4.69. The fourth-order valence-electron chi connectivity index (χ4n) is 3.61.